The van der Waals surface area contributed by atoms with Gasteiger partial charge in [0.2, 0.25) is 0 Å². The second kappa shape index (κ2) is 7.72. The Balaban J connectivity index is 1.54. The topological polar surface area (TPSA) is 42.4 Å². The molecule has 0 saturated carbocycles. The van der Waals surface area contributed by atoms with Gasteiger partial charge in [-0.1, -0.05) is 18.2 Å². The van der Waals surface area contributed by atoms with Crippen molar-refractivity contribution < 1.29 is 13.9 Å². The highest BCUT2D eigenvalue weighted by Gasteiger charge is 2.27. The quantitative estimate of drug-likeness (QED) is 0.618. The van der Waals surface area contributed by atoms with Gasteiger partial charge in [0.25, 0.3) is 5.91 Å². The minimum absolute atomic E-state index is 0.00159. The third-order valence-electron chi connectivity index (χ3n) is 4.88. The molecule has 1 aromatic heterocycles. The average Bonchev–Trinajstić information content (AvgIpc) is 3.07. The molecule has 4 rings (SSSR count). The largest absolute Gasteiger partial charge is 0.486 e. The van der Waals surface area contributed by atoms with Gasteiger partial charge in [-0.3, -0.25) is 4.79 Å². The predicted molar refractivity (Wildman–Crippen MR) is 109 cm³/mol. The number of rotatable bonds is 4. The maximum atomic E-state index is 13.3. The van der Waals surface area contributed by atoms with Crippen molar-refractivity contribution in [1.29, 1.82) is 0 Å². The number of thiazole rings is 1. The van der Waals surface area contributed by atoms with E-state index in [9.17, 15) is 9.18 Å². The molecule has 0 spiro atoms. The monoisotopic (exact) mass is 396 g/mol. The molecule has 0 unspecified atom stereocenters. The maximum absolute atomic E-state index is 13.3. The van der Waals surface area contributed by atoms with Crippen LogP contribution in [0, 0.1) is 19.7 Å². The highest BCUT2D eigenvalue weighted by atomic mass is 32.1. The number of halogens is 1. The summed E-state index contributed by atoms with van der Waals surface area (Å²) in [6, 6.07) is 12.1. The number of aromatic nitrogens is 1. The lowest BCUT2D eigenvalue weighted by Crippen LogP contribution is -2.36. The minimum Gasteiger partial charge on any atom is -0.486 e. The van der Waals surface area contributed by atoms with Crippen LogP contribution >= 0.6 is 11.3 Å². The molecule has 0 radical (unpaired) electrons. The number of hydrogen-bond donors (Lipinski definition) is 0. The molecule has 2 aromatic carbocycles. The zero-order chi connectivity index (χ0) is 19.7. The van der Waals surface area contributed by atoms with Gasteiger partial charge in [0.05, 0.1) is 11.4 Å². The molecule has 0 fully saturated rings. The van der Waals surface area contributed by atoms with Crippen LogP contribution in [0.3, 0.4) is 0 Å². The number of anilines is 1. The molecule has 0 atom stereocenters. The summed E-state index contributed by atoms with van der Waals surface area (Å²) >= 11 is 1.36. The van der Waals surface area contributed by atoms with Gasteiger partial charge in [-0.05, 0) is 62.1 Å². The van der Waals surface area contributed by atoms with Crippen LogP contribution in [0.1, 0.15) is 37.9 Å². The Morgan fingerprint density at radius 1 is 1.21 bits per heavy atom. The van der Waals surface area contributed by atoms with Crippen molar-refractivity contribution in [3.05, 3.63) is 75.0 Å². The molecular weight excluding hydrogens is 375 g/mol. The molecule has 0 aliphatic carbocycles. The number of para-hydroxylation sites is 1. The van der Waals surface area contributed by atoms with Gasteiger partial charge in [0.1, 0.15) is 28.1 Å². The average molecular weight is 396 g/mol. The third-order valence-corrected chi connectivity index (χ3v) is 5.99. The molecule has 0 bridgehead atoms. The van der Waals surface area contributed by atoms with E-state index in [1.807, 2.05) is 30.9 Å². The van der Waals surface area contributed by atoms with Crippen molar-refractivity contribution in [2.75, 3.05) is 11.4 Å². The normalized spacial score (nSPS) is 13.3. The number of benzene rings is 2. The number of amides is 1. The van der Waals surface area contributed by atoms with Crippen molar-refractivity contribution in [2.24, 2.45) is 0 Å². The minimum atomic E-state index is -0.303. The van der Waals surface area contributed by atoms with Gasteiger partial charge in [-0.15, -0.1) is 11.3 Å². The first kappa shape index (κ1) is 18.6. The first-order valence-corrected chi connectivity index (χ1v) is 10.1. The lowest BCUT2D eigenvalue weighted by Gasteiger charge is -2.30. The number of carbonyl (C=O) groups excluding carboxylic acids is 1. The number of fused-ring (bicyclic) bond motifs is 1. The van der Waals surface area contributed by atoms with Crippen LogP contribution in [-0.4, -0.2) is 17.4 Å². The summed E-state index contributed by atoms with van der Waals surface area (Å²) < 4.78 is 18.7. The first-order valence-electron chi connectivity index (χ1n) is 9.28. The van der Waals surface area contributed by atoms with Gasteiger partial charge in [-0.25, -0.2) is 9.37 Å². The summed E-state index contributed by atoms with van der Waals surface area (Å²) in [5.74, 6) is 0.267. The lowest BCUT2D eigenvalue weighted by atomic mass is 9.98. The van der Waals surface area contributed by atoms with Crippen LogP contribution in [0.5, 0.6) is 5.75 Å². The predicted octanol–water partition coefficient (Wildman–Crippen LogP) is 5.07. The van der Waals surface area contributed by atoms with Crippen LogP contribution in [0.4, 0.5) is 10.1 Å². The van der Waals surface area contributed by atoms with Crippen LogP contribution in [0.25, 0.3) is 0 Å². The number of nitrogens with zero attached hydrogens (tertiary/aromatic N) is 2. The Bertz CT molecular complexity index is 1010. The van der Waals surface area contributed by atoms with E-state index in [1.165, 1.54) is 29.0 Å². The molecule has 0 saturated heterocycles. The second-order valence-electron chi connectivity index (χ2n) is 6.91. The van der Waals surface area contributed by atoms with E-state index in [2.05, 4.69) is 11.1 Å². The Morgan fingerprint density at radius 2 is 2.00 bits per heavy atom. The molecule has 4 nitrogen and oxygen atoms in total. The Kier molecular flexibility index (Phi) is 5.13. The third kappa shape index (κ3) is 3.64. The standard InChI is InChI=1S/C22H21FN2O2S/c1-14-5-3-6-16-7-4-12-25(20(14)16)22(26)21-15(2)24-19(28-21)13-27-18-10-8-17(23)9-11-18/h3,5-6,8-11H,4,7,12-13H2,1-2H3. The van der Waals surface area contributed by atoms with E-state index < -0.39 is 0 Å². The maximum Gasteiger partial charge on any atom is 0.270 e. The van der Waals surface area contributed by atoms with Gasteiger partial charge >= 0.3 is 0 Å². The van der Waals surface area contributed by atoms with Crippen molar-refractivity contribution in [2.45, 2.75) is 33.3 Å². The fourth-order valence-corrected chi connectivity index (χ4v) is 4.49. The number of hydrogen-bond acceptors (Lipinski definition) is 4. The summed E-state index contributed by atoms with van der Waals surface area (Å²) in [7, 11) is 0. The molecule has 1 aliphatic rings. The van der Waals surface area contributed by atoms with E-state index in [0.717, 1.165) is 35.6 Å². The summed E-state index contributed by atoms with van der Waals surface area (Å²) in [5.41, 5.74) is 4.10. The van der Waals surface area contributed by atoms with Gasteiger partial charge < -0.3 is 9.64 Å². The van der Waals surface area contributed by atoms with Crippen LogP contribution < -0.4 is 9.64 Å². The highest BCUT2D eigenvalue weighted by Crippen LogP contribution is 2.33. The Labute approximate surface area is 167 Å². The fraction of sp³-hybridized carbons (Fsp3) is 0.273. The van der Waals surface area contributed by atoms with Gasteiger partial charge in [0.15, 0.2) is 0 Å². The summed E-state index contributed by atoms with van der Waals surface area (Å²) in [6.07, 6.45) is 1.96. The van der Waals surface area contributed by atoms with Crippen molar-refractivity contribution >= 4 is 22.9 Å². The van der Waals surface area contributed by atoms with E-state index >= 15 is 0 Å². The molecule has 1 aliphatic heterocycles. The van der Waals surface area contributed by atoms with Crippen molar-refractivity contribution in [3.63, 3.8) is 0 Å². The van der Waals surface area contributed by atoms with Gasteiger partial charge in [-0.2, -0.15) is 0 Å². The molecule has 3 aromatic rings. The highest BCUT2D eigenvalue weighted by molar-refractivity contribution is 7.13. The van der Waals surface area contributed by atoms with Crippen molar-refractivity contribution in [3.8, 4) is 5.75 Å². The number of ether oxygens (including phenoxy) is 1. The molecular formula is C22H21FN2O2S. The molecule has 144 valence electrons. The molecule has 2 heterocycles. The molecule has 1 amide bonds. The number of aryl methyl sites for hydroxylation is 3. The fourth-order valence-electron chi connectivity index (χ4n) is 3.56. The lowest BCUT2D eigenvalue weighted by molar-refractivity contribution is 0.0988. The van der Waals surface area contributed by atoms with E-state index in [-0.39, 0.29) is 18.3 Å². The van der Waals surface area contributed by atoms with E-state index in [4.69, 9.17) is 4.74 Å². The summed E-state index contributed by atoms with van der Waals surface area (Å²) in [5, 5.41) is 0.729. The van der Waals surface area contributed by atoms with Crippen LogP contribution in [0.15, 0.2) is 42.5 Å². The Hall–Kier alpha value is -2.73. The van der Waals surface area contributed by atoms with E-state index in [1.54, 1.807) is 12.1 Å². The Morgan fingerprint density at radius 3 is 2.79 bits per heavy atom. The van der Waals surface area contributed by atoms with Crippen LogP contribution in [0.2, 0.25) is 0 Å². The van der Waals surface area contributed by atoms with Gasteiger partial charge in [0, 0.05) is 6.54 Å². The summed E-state index contributed by atoms with van der Waals surface area (Å²) in [6.45, 7) is 4.87. The SMILES string of the molecule is Cc1cccc2c1N(C(=O)c1sc(COc3ccc(F)cc3)nc1C)CCC2. The number of carbonyl (C=O) groups is 1. The van der Waals surface area contributed by atoms with Crippen molar-refractivity contribution in [1.82, 2.24) is 4.98 Å². The zero-order valence-electron chi connectivity index (χ0n) is 15.9. The van der Waals surface area contributed by atoms with E-state index in [0.29, 0.717) is 16.3 Å². The zero-order valence-corrected chi connectivity index (χ0v) is 16.7. The molecule has 0 N–H and O–H groups in total. The molecule has 6 heteroatoms. The second-order valence-corrected chi connectivity index (χ2v) is 7.99. The molecule has 28 heavy (non-hydrogen) atoms. The first-order chi connectivity index (χ1) is 13.5. The smallest absolute Gasteiger partial charge is 0.270 e. The van der Waals surface area contributed by atoms with Crippen LogP contribution in [-0.2, 0) is 13.0 Å². The summed E-state index contributed by atoms with van der Waals surface area (Å²) in [4.78, 5) is 20.3.